The molecule has 1 aliphatic carbocycles. The van der Waals surface area contributed by atoms with E-state index in [0.29, 0.717) is 19.3 Å². The van der Waals surface area contributed by atoms with Gasteiger partial charge in [-0.25, -0.2) is 0 Å². The first-order valence-corrected chi connectivity index (χ1v) is 14.3. The smallest absolute Gasteiger partial charge is 0.249 e. The fourth-order valence-corrected chi connectivity index (χ4v) is 5.78. The Balaban J connectivity index is 1.82. The number of carbonyl (C=O) groups is 1. The Morgan fingerprint density at radius 2 is 1.63 bits per heavy atom. The van der Waals surface area contributed by atoms with Gasteiger partial charge in [0.15, 0.2) is 12.6 Å². The third-order valence-electron chi connectivity index (χ3n) is 8.45. The van der Waals surface area contributed by atoms with Gasteiger partial charge in [-0.05, 0) is 38.0 Å². The highest BCUT2D eigenvalue weighted by molar-refractivity contribution is 5.80. The maximum atomic E-state index is 12.7. The van der Waals surface area contributed by atoms with Crippen molar-refractivity contribution in [1.29, 1.82) is 0 Å². The molecule has 38 heavy (non-hydrogen) atoms. The largest absolute Gasteiger partial charge is 0.394 e. The van der Waals surface area contributed by atoms with E-state index in [-0.39, 0.29) is 17.9 Å². The standard InChI is InChI=1S/C27H49NO10/c1-6-8-18(30)25(34)28-17-11-14(4)23(37-26-13(3)9-10-16(7-2)35-26)22(33)24(17)38-27-21(32)15(5)20(31)19(12-29)36-27/h13-24,26-27,29-33H,6-12H2,1-5H3,(H,28,34)/t13?,14-,15-,16?,17+,18-,19?,20-,21?,22?,23?,24-,26+,27+/m0/s1. The highest BCUT2D eigenvalue weighted by atomic mass is 16.7. The van der Waals surface area contributed by atoms with E-state index >= 15 is 0 Å². The second-order valence-corrected chi connectivity index (χ2v) is 11.5. The van der Waals surface area contributed by atoms with E-state index in [9.17, 15) is 30.3 Å². The van der Waals surface area contributed by atoms with Crippen molar-refractivity contribution in [2.75, 3.05) is 6.61 Å². The summed E-state index contributed by atoms with van der Waals surface area (Å²) in [5, 5.41) is 55.4. The van der Waals surface area contributed by atoms with E-state index in [4.69, 9.17) is 18.9 Å². The molecule has 11 heteroatoms. The number of nitrogens with one attached hydrogen (secondary N) is 1. The number of amides is 1. The summed E-state index contributed by atoms with van der Waals surface area (Å²) < 4.78 is 24.3. The Labute approximate surface area is 225 Å². The van der Waals surface area contributed by atoms with Crippen LogP contribution in [0.3, 0.4) is 0 Å². The number of hydrogen-bond acceptors (Lipinski definition) is 10. The van der Waals surface area contributed by atoms with Crippen LogP contribution in [0.4, 0.5) is 0 Å². The quantitative estimate of drug-likeness (QED) is 0.226. The Morgan fingerprint density at radius 3 is 2.26 bits per heavy atom. The molecular weight excluding hydrogens is 498 g/mol. The SMILES string of the molecule is CCC[C@H](O)C(=O)N[C@@H]1C[C@H](C)C(O[C@H]2OC(CC)CCC2C)C(O)[C@H]1O[C@H]1OC(CO)[C@@H](O)[C@H](C)C1O. The lowest BCUT2D eigenvalue weighted by Crippen LogP contribution is -2.64. The first-order chi connectivity index (χ1) is 18.0. The Kier molecular flexibility index (Phi) is 11.8. The molecule has 6 unspecified atom stereocenters. The van der Waals surface area contributed by atoms with E-state index in [0.717, 1.165) is 19.3 Å². The van der Waals surface area contributed by atoms with Crippen molar-refractivity contribution < 1.29 is 49.3 Å². The fraction of sp³-hybridized carbons (Fsp3) is 0.963. The van der Waals surface area contributed by atoms with Crippen LogP contribution in [0, 0.1) is 17.8 Å². The minimum Gasteiger partial charge on any atom is -0.394 e. The molecule has 3 aliphatic rings. The Hall–Kier alpha value is -0.890. The van der Waals surface area contributed by atoms with Gasteiger partial charge in [-0.15, -0.1) is 0 Å². The van der Waals surface area contributed by atoms with E-state index < -0.39 is 79.8 Å². The molecule has 2 aliphatic heterocycles. The first kappa shape index (κ1) is 31.6. The first-order valence-electron chi connectivity index (χ1n) is 14.3. The zero-order valence-corrected chi connectivity index (χ0v) is 23.3. The molecule has 2 heterocycles. The number of rotatable bonds is 10. The van der Waals surface area contributed by atoms with Crippen molar-refractivity contribution >= 4 is 5.91 Å². The summed E-state index contributed by atoms with van der Waals surface area (Å²) in [5.74, 6) is -1.30. The minimum atomic E-state index is -1.27. The summed E-state index contributed by atoms with van der Waals surface area (Å²) in [6.45, 7) is 9.04. The predicted molar refractivity (Wildman–Crippen MR) is 137 cm³/mol. The van der Waals surface area contributed by atoms with Crippen molar-refractivity contribution in [2.45, 2.75) is 141 Å². The van der Waals surface area contributed by atoms with Crippen LogP contribution in [0.2, 0.25) is 0 Å². The van der Waals surface area contributed by atoms with E-state index in [1.54, 1.807) is 6.92 Å². The van der Waals surface area contributed by atoms with Gasteiger partial charge < -0.3 is 49.8 Å². The van der Waals surface area contributed by atoms with Crippen molar-refractivity contribution in [3.05, 3.63) is 0 Å². The molecule has 0 aromatic heterocycles. The van der Waals surface area contributed by atoms with Gasteiger partial charge in [-0.2, -0.15) is 0 Å². The van der Waals surface area contributed by atoms with E-state index in [1.807, 2.05) is 13.8 Å². The molecule has 11 nitrogen and oxygen atoms in total. The monoisotopic (exact) mass is 547 g/mol. The second-order valence-electron chi connectivity index (χ2n) is 11.5. The van der Waals surface area contributed by atoms with Crippen molar-refractivity contribution in [1.82, 2.24) is 5.32 Å². The summed E-state index contributed by atoms with van der Waals surface area (Å²) in [5.41, 5.74) is 0. The summed E-state index contributed by atoms with van der Waals surface area (Å²) in [7, 11) is 0. The molecule has 3 fully saturated rings. The van der Waals surface area contributed by atoms with Crippen LogP contribution in [0.1, 0.15) is 73.1 Å². The van der Waals surface area contributed by atoms with Crippen molar-refractivity contribution in [3.63, 3.8) is 0 Å². The molecular formula is C27H49NO10. The molecule has 0 spiro atoms. The Bertz CT molecular complexity index is 741. The number of carbonyl (C=O) groups excluding carboxylic acids is 1. The van der Waals surface area contributed by atoms with Crippen LogP contribution in [0.15, 0.2) is 0 Å². The fourth-order valence-electron chi connectivity index (χ4n) is 5.78. The molecule has 14 atom stereocenters. The normalized spacial score (nSPS) is 44.9. The second kappa shape index (κ2) is 14.1. The highest BCUT2D eigenvalue weighted by Crippen LogP contribution is 2.37. The van der Waals surface area contributed by atoms with Crippen LogP contribution in [0.5, 0.6) is 0 Å². The molecule has 3 rings (SSSR count). The van der Waals surface area contributed by atoms with E-state index in [1.165, 1.54) is 0 Å². The molecule has 0 bridgehead atoms. The predicted octanol–water partition coefficient (Wildman–Crippen LogP) is 0.430. The number of hydrogen-bond donors (Lipinski definition) is 6. The maximum Gasteiger partial charge on any atom is 0.249 e. The molecule has 0 aromatic carbocycles. The summed E-state index contributed by atoms with van der Waals surface area (Å²) in [6, 6.07) is -0.711. The van der Waals surface area contributed by atoms with Gasteiger partial charge in [0.2, 0.25) is 5.91 Å². The zero-order valence-electron chi connectivity index (χ0n) is 23.3. The van der Waals surface area contributed by atoms with Crippen molar-refractivity contribution in [3.8, 4) is 0 Å². The average molecular weight is 548 g/mol. The molecule has 6 N–H and O–H groups in total. The van der Waals surface area contributed by atoms with Gasteiger partial charge in [0.25, 0.3) is 0 Å². The molecule has 1 saturated carbocycles. The van der Waals surface area contributed by atoms with Gasteiger partial charge in [0.05, 0.1) is 31.0 Å². The van der Waals surface area contributed by atoms with Crippen LogP contribution in [-0.4, -0.2) is 106 Å². The van der Waals surface area contributed by atoms with Gasteiger partial charge in [0, 0.05) is 11.8 Å². The van der Waals surface area contributed by atoms with Crippen LogP contribution in [-0.2, 0) is 23.7 Å². The van der Waals surface area contributed by atoms with Gasteiger partial charge in [0.1, 0.15) is 30.5 Å². The maximum absolute atomic E-state index is 12.7. The van der Waals surface area contributed by atoms with Gasteiger partial charge >= 0.3 is 0 Å². The molecule has 0 radical (unpaired) electrons. The number of aliphatic hydroxyl groups is 5. The average Bonchev–Trinajstić information content (AvgIpc) is 2.89. The third-order valence-corrected chi connectivity index (χ3v) is 8.45. The lowest BCUT2D eigenvalue weighted by molar-refractivity contribution is -0.325. The molecule has 0 aromatic rings. The lowest BCUT2D eigenvalue weighted by atomic mass is 9.79. The molecule has 222 valence electrons. The third kappa shape index (κ3) is 7.24. The van der Waals surface area contributed by atoms with Crippen molar-refractivity contribution in [2.24, 2.45) is 17.8 Å². The van der Waals surface area contributed by atoms with Gasteiger partial charge in [-0.3, -0.25) is 4.79 Å². The number of ether oxygens (including phenoxy) is 4. The topological polar surface area (TPSA) is 167 Å². The van der Waals surface area contributed by atoms with Crippen LogP contribution < -0.4 is 5.32 Å². The summed E-state index contributed by atoms with van der Waals surface area (Å²) in [6.07, 6.45) is -5.13. The minimum absolute atomic E-state index is 0.0838. The molecule has 1 amide bonds. The van der Waals surface area contributed by atoms with Crippen LogP contribution >= 0.6 is 0 Å². The van der Waals surface area contributed by atoms with E-state index in [2.05, 4.69) is 19.2 Å². The number of aliphatic hydroxyl groups excluding tert-OH is 5. The summed E-state index contributed by atoms with van der Waals surface area (Å²) >= 11 is 0. The summed E-state index contributed by atoms with van der Waals surface area (Å²) in [4.78, 5) is 12.7. The lowest BCUT2D eigenvalue weighted by Gasteiger charge is -2.48. The highest BCUT2D eigenvalue weighted by Gasteiger charge is 2.50. The molecule has 2 saturated heterocycles. The van der Waals surface area contributed by atoms with Crippen LogP contribution in [0.25, 0.3) is 0 Å². The zero-order chi connectivity index (χ0) is 28.1. The Morgan fingerprint density at radius 1 is 0.947 bits per heavy atom. The van der Waals surface area contributed by atoms with Gasteiger partial charge in [-0.1, -0.05) is 41.0 Å².